The zero-order chi connectivity index (χ0) is 12.8. The van der Waals surface area contributed by atoms with Crippen molar-refractivity contribution in [3.05, 3.63) is 0 Å². The highest BCUT2D eigenvalue weighted by atomic mass is 16.5. The number of hydrogen-bond donors (Lipinski definition) is 0. The van der Waals surface area contributed by atoms with E-state index in [9.17, 15) is 4.79 Å². The average Bonchev–Trinajstić information content (AvgIpc) is 2.22. The zero-order valence-electron chi connectivity index (χ0n) is 11.7. The number of nitrogens with zero attached hydrogens (tertiary/aromatic N) is 1. The molecule has 0 spiro atoms. The van der Waals surface area contributed by atoms with Gasteiger partial charge < -0.3 is 9.64 Å². The predicted octanol–water partition coefficient (Wildman–Crippen LogP) is 2.55. The first-order chi connectivity index (χ1) is 7.29. The first kappa shape index (κ1) is 15.4. The first-order valence-electron chi connectivity index (χ1n) is 6.11. The second kappa shape index (κ2) is 6.89. The largest absolute Gasteiger partial charge is 0.465 e. The number of carbonyl (C=O) groups is 1. The molecule has 0 aliphatic carbocycles. The lowest BCUT2D eigenvalue weighted by Crippen LogP contribution is -2.28. The Morgan fingerprint density at radius 2 is 1.94 bits per heavy atom. The van der Waals surface area contributed by atoms with Crippen molar-refractivity contribution >= 4 is 5.97 Å². The van der Waals surface area contributed by atoms with E-state index >= 15 is 0 Å². The van der Waals surface area contributed by atoms with Crippen LogP contribution in [-0.4, -0.2) is 38.1 Å². The number of ether oxygens (including phenoxy) is 1. The third-order valence-electron chi connectivity index (χ3n) is 3.00. The van der Waals surface area contributed by atoms with E-state index in [4.69, 9.17) is 4.74 Å². The van der Waals surface area contributed by atoms with Crippen LogP contribution >= 0.6 is 0 Å². The Labute approximate surface area is 100 Å². The van der Waals surface area contributed by atoms with Gasteiger partial charge in [-0.05, 0) is 53.2 Å². The van der Waals surface area contributed by atoms with E-state index in [0.717, 1.165) is 19.4 Å². The standard InChI is InChI=1S/C13H27NO2/c1-7-13(3,4)12(15)16-10-11(2)8-9-14(5)6/h11H,7-10H2,1-6H3. The molecule has 3 heteroatoms. The van der Waals surface area contributed by atoms with E-state index in [0.29, 0.717) is 12.5 Å². The molecule has 0 aromatic carbocycles. The summed E-state index contributed by atoms with van der Waals surface area (Å²) in [6.45, 7) is 9.57. The molecule has 0 N–H and O–H groups in total. The quantitative estimate of drug-likeness (QED) is 0.628. The van der Waals surface area contributed by atoms with Crippen LogP contribution in [0.15, 0.2) is 0 Å². The molecule has 0 aliphatic rings. The molecule has 0 aromatic rings. The molecular formula is C13H27NO2. The Morgan fingerprint density at radius 3 is 2.38 bits per heavy atom. The molecule has 96 valence electrons. The van der Waals surface area contributed by atoms with Crippen LogP contribution in [0.4, 0.5) is 0 Å². The third-order valence-corrected chi connectivity index (χ3v) is 3.00. The van der Waals surface area contributed by atoms with Crippen molar-refractivity contribution in [2.24, 2.45) is 11.3 Å². The van der Waals surface area contributed by atoms with E-state index in [1.165, 1.54) is 0 Å². The normalized spacial score (nSPS) is 13.9. The molecule has 0 radical (unpaired) electrons. The fourth-order valence-corrected chi connectivity index (χ4v) is 1.12. The molecule has 0 bridgehead atoms. The highest BCUT2D eigenvalue weighted by molar-refractivity contribution is 5.75. The van der Waals surface area contributed by atoms with Crippen LogP contribution in [-0.2, 0) is 9.53 Å². The predicted molar refractivity (Wildman–Crippen MR) is 67.4 cm³/mol. The summed E-state index contributed by atoms with van der Waals surface area (Å²) in [5.41, 5.74) is -0.346. The Morgan fingerprint density at radius 1 is 1.38 bits per heavy atom. The Balaban J connectivity index is 3.83. The Hall–Kier alpha value is -0.570. The maximum absolute atomic E-state index is 11.7. The van der Waals surface area contributed by atoms with Gasteiger partial charge in [-0.2, -0.15) is 0 Å². The fraction of sp³-hybridized carbons (Fsp3) is 0.923. The van der Waals surface area contributed by atoms with Gasteiger partial charge in [0.1, 0.15) is 0 Å². The molecule has 0 aliphatic heterocycles. The molecule has 0 fully saturated rings. The van der Waals surface area contributed by atoms with Gasteiger partial charge in [-0.15, -0.1) is 0 Å². The first-order valence-corrected chi connectivity index (χ1v) is 6.11. The minimum absolute atomic E-state index is 0.0771. The van der Waals surface area contributed by atoms with Crippen LogP contribution in [0.2, 0.25) is 0 Å². The second-order valence-electron chi connectivity index (χ2n) is 5.53. The topological polar surface area (TPSA) is 29.5 Å². The van der Waals surface area contributed by atoms with Crippen molar-refractivity contribution in [2.45, 2.75) is 40.5 Å². The third kappa shape index (κ3) is 6.11. The summed E-state index contributed by atoms with van der Waals surface area (Å²) in [6.07, 6.45) is 1.88. The molecule has 0 rings (SSSR count). The van der Waals surface area contributed by atoms with Crippen LogP contribution in [0, 0.1) is 11.3 Å². The van der Waals surface area contributed by atoms with E-state index in [1.54, 1.807) is 0 Å². The molecule has 16 heavy (non-hydrogen) atoms. The number of esters is 1. The molecule has 1 unspecified atom stereocenters. The molecule has 0 amide bonds. The molecule has 3 nitrogen and oxygen atoms in total. The lowest BCUT2D eigenvalue weighted by Gasteiger charge is -2.22. The van der Waals surface area contributed by atoms with Gasteiger partial charge in [-0.25, -0.2) is 0 Å². The Bertz CT molecular complexity index is 212. The summed E-state index contributed by atoms with van der Waals surface area (Å²) in [5, 5.41) is 0. The van der Waals surface area contributed by atoms with E-state index in [1.807, 2.05) is 20.8 Å². The molecule has 0 saturated carbocycles. The lowest BCUT2D eigenvalue weighted by atomic mass is 9.91. The van der Waals surface area contributed by atoms with Crippen molar-refractivity contribution in [1.82, 2.24) is 4.90 Å². The molecule has 0 aromatic heterocycles. The van der Waals surface area contributed by atoms with Crippen LogP contribution in [0.25, 0.3) is 0 Å². The van der Waals surface area contributed by atoms with Crippen LogP contribution in [0.1, 0.15) is 40.5 Å². The van der Waals surface area contributed by atoms with Gasteiger partial charge in [-0.3, -0.25) is 4.79 Å². The Kier molecular flexibility index (Phi) is 6.65. The van der Waals surface area contributed by atoms with Gasteiger partial charge in [0.2, 0.25) is 0 Å². The maximum atomic E-state index is 11.7. The highest BCUT2D eigenvalue weighted by Gasteiger charge is 2.27. The smallest absolute Gasteiger partial charge is 0.311 e. The molecule has 1 atom stereocenters. The van der Waals surface area contributed by atoms with Crippen LogP contribution < -0.4 is 0 Å². The van der Waals surface area contributed by atoms with Crippen molar-refractivity contribution in [3.8, 4) is 0 Å². The monoisotopic (exact) mass is 229 g/mol. The maximum Gasteiger partial charge on any atom is 0.311 e. The van der Waals surface area contributed by atoms with Crippen LogP contribution in [0.5, 0.6) is 0 Å². The molecular weight excluding hydrogens is 202 g/mol. The SMILES string of the molecule is CCC(C)(C)C(=O)OCC(C)CCN(C)C. The number of hydrogen-bond acceptors (Lipinski definition) is 3. The number of rotatable bonds is 7. The minimum Gasteiger partial charge on any atom is -0.465 e. The minimum atomic E-state index is -0.346. The molecule has 0 heterocycles. The van der Waals surface area contributed by atoms with Crippen molar-refractivity contribution < 1.29 is 9.53 Å². The summed E-state index contributed by atoms with van der Waals surface area (Å²) in [7, 11) is 4.11. The number of carbonyl (C=O) groups excluding carboxylic acids is 1. The second-order valence-corrected chi connectivity index (χ2v) is 5.53. The summed E-state index contributed by atoms with van der Waals surface area (Å²) in [5.74, 6) is 0.353. The summed E-state index contributed by atoms with van der Waals surface area (Å²) >= 11 is 0. The van der Waals surface area contributed by atoms with E-state index in [-0.39, 0.29) is 11.4 Å². The summed E-state index contributed by atoms with van der Waals surface area (Å²) < 4.78 is 5.33. The lowest BCUT2D eigenvalue weighted by molar-refractivity contribution is -0.155. The van der Waals surface area contributed by atoms with Crippen molar-refractivity contribution in [1.29, 1.82) is 0 Å². The van der Waals surface area contributed by atoms with E-state index in [2.05, 4.69) is 25.9 Å². The van der Waals surface area contributed by atoms with Gasteiger partial charge in [0.15, 0.2) is 0 Å². The molecule has 0 saturated heterocycles. The summed E-state index contributed by atoms with van der Waals surface area (Å²) in [4.78, 5) is 13.9. The zero-order valence-corrected chi connectivity index (χ0v) is 11.7. The fourth-order valence-electron chi connectivity index (χ4n) is 1.12. The highest BCUT2D eigenvalue weighted by Crippen LogP contribution is 2.21. The van der Waals surface area contributed by atoms with E-state index < -0.39 is 0 Å². The van der Waals surface area contributed by atoms with Gasteiger partial charge in [0.05, 0.1) is 12.0 Å². The van der Waals surface area contributed by atoms with Crippen molar-refractivity contribution in [3.63, 3.8) is 0 Å². The van der Waals surface area contributed by atoms with Gasteiger partial charge in [0, 0.05) is 0 Å². The van der Waals surface area contributed by atoms with Gasteiger partial charge in [0.25, 0.3) is 0 Å². The average molecular weight is 229 g/mol. The van der Waals surface area contributed by atoms with Crippen molar-refractivity contribution in [2.75, 3.05) is 27.2 Å². The summed E-state index contributed by atoms with van der Waals surface area (Å²) in [6, 6.07) is 0. The van der Waals surface area contributed by atoms with Gasteiger partial charge in [-0.1, -0.05) is 13.8 Å². The van der Waals surface area contributed by atoms with Gasteiger partial charge >= 0.3 is 5.97 Å². The van der Waals surface area contributed by atoms with Crippen LogP contribution in [0.3, 0.4) is 0 Å².